The van der Waals surface area contributed by atoms with Crippen LogP contribution in [0.3, 0.4) is 0 Å². The molecule has 0 fully saturated rings. The fourth-order valence-corrected chi connectivity index (χ4v) is 3.03. The summed E-state index contributed by atoms with van der Waals surface area (Å²) in [7, 11) is 0. The lowest BCUT2D eigenvalue weighted by molar-refractivity contribution is 0.0689. The van der Waals surface area contributed by atoms with E-state index < -0.39 is 23.6 Å². The third kappa shape index (κ3) is 3.36. The van der Waals surface area contributed by atoms with Crippen LogP contribution in [0.4, 0.5) is 4.39 Å². The highest BCUT2D eigenvalue weighted by Crippen LogP contribution is 2.29. The number of pyridine rings is 1. The van der Waals surface area contributed by atoms with Gasteiger partial charge in [-0.1, -0.05) is 36.4 Å². The van der Waals surface area contributed by atoms with E-state index >= 15 is 0 Å². The van der Waals surface area contributed by atoms with Crippen LogP contribution in [-0.4, -0.2) is 25.3 Å². The summed E-state index contributed by atoms with van der Waals surface area (Å²) in [6.07, 6.45) is 1.02. The highest BCUT2D eigenvalue weighted by atomic mass is 19.1. The normalized spacial score (nSPS) is 12.1. The number of hydrogen-bond acceptors (Lipinski definition) is 4. The molecule has 0 spiro atoms. The number of carbonyl (C=O) groups is 1. The van der Waals surface area contributed by atoms with E-state index in [1.807, 2.05) is 30.3 Å². The molecule has 4 aromatic rings. The molecular formula is C21H16FN3O4. The molecule has 2 aromatic carbocycles. The van der Waals surface area contributed by atoms with Gasteiger partial charge in [0.2, 0.25) is 0 Å². The Morgan fingerprint density at radius 1 is 1.14 bits per heavy atom. The van der Waals surface area contributed by atoms with Gasteiger partial charge >= 0.3 is 11.7 Å². The van der Waals surface area contributed by atoms with Crippen molar-refractivity contribution in [3.63, 3.8) is 0 Å². The first-order valence-corrected chi connectivity index (χ1v) is 8.81. The monoisotopic (exact) mass is 393 g/mol. The molecule has 2 heterocycles. The van der Waals surface area contributed by atoms with E-state index in [4.69, 9.17) is 4.74 Å². The van der Waals surface area contributed by atoms with E-state index in [1.54, 1.807) is 25.1 Å². The molecule has 2 aromatic heterocycles. The van der Waals surface area contributed by atoms with Gasteiger partial charge in [-0.15, -0.1) is 5.10 Å². The van der Waals surface area contributed by atoms with Crippen LogP contribution in [0.1, 0.15) is 28.9 Å². The van der Waals surface area contributed by atoms with Crippen LogP contribution in [0, 0.1) is 5.82 Å². The number of carboxylic acids is 1. The molecular weight excluding hydrogens is 377 g/mol. The van der Waals surface area contributed by atoms with Crippen LogP contribution in [-0.2, 0) is 0 Å². The molecule has 0 bridgehead atoms. The summed E-state index contributed by atoms with van der Waals surface area (Å²) in [6, 6.07) is 16.2. The molecule has 0 radical (unpaired) electrons. The van der Waals surface area contributed by atoms with E-state index in [0.29, 0.717) is 5.65 Å². The van der Waals surface area contributed by atoms with Gasteiger partial charge in [0.25, 0.3) is 0 Å². The molecule has 1 atom stereocenters. The standard InChI is InChI=1S/C21H16FN3O4/c1-13(14-7-3-2-4-8-14)29-18-12-17(16(22)11-15(18)20(26)27)25-21(28)24-10-6-5-9-19(24)23-25/h2-13H,1H3,(H,26,27)/t13-/m0/s1. The first kappa shape index (κ1) is 18.4. The Balaban J connectivity index is 1.83. The highest BCUT2D eigenvalue weighted by Gasteiger charge is 2.21. The SMILES string of the molecule is C[C@H](Oc1cc(-n2nc3ccccn3c2=O)c(F)cc1C(=O)O)c1ccccc1. The second-order valence-electron chi connectivity index (χ2n) is 6.40. The average molecular weight is 393 g/mol. The predicted molar refractivity (Wildman–Crippen MR) is 103 cm³/mol. The zero-order valence-corrected chi connectivity index (χ0v) is 15.3. The number of fused-ring (bicyclic) bond motifs is 1. The van der Waals surface area contributed by atoms with Crippen LogP contribution in [0.25, 0.3) is 11.3 Å². The molecule has 0 saturated carbocycles. The smallest absolute Gasteiger partial charge is 0.355 e. The summed E-state index contributed by atoms with van der Waals surface area (Å²) in [4.78, 5) is 24.2. The lowest BCUT2D eigenvalue weighted by Crippen LogP contribution is -2.21. The Morgan fingerprint density at radius 3 is 2.55 bits per heavy atom. The number of ether oxygens (including phenoxy) is 1. The van der Waals surface area contributed by atoms with Crippen molar-refractivity contribution in [2.75, 3.05) is 0 Å². The lowest BCUT2D eigenvalue weighted by atomic mass is 10.1. The van der Waals surface area contributed by atoms with Crippen molar-refractivity contribution in [3.05, 3.63) is 94.3 Å². The molecule has 0 amide bonds. The minimum atomic E-state index is -1.34. The maximum absolute atomic E-state index is 14.7. The fourth-order valence-electron chi connectivity index (χ4n) is 3.03. The van der Waals surface area contributed by atoms with Crippen LogP contribution in [0.5, 0.6) is 5.75 Å². The summed E-state index contributed by atoms with van der Waals surface area (Å²) in [5.41, 5.74) is 0.0355. The zero-order chi connectivity index (χ0) is 20.5. The maximum atomic E-state index is 14.7. The van der Waals surface area contributed by atoms with E-state index in [0.717, 1.165) is 16.3 Å². The summed E-state index contributed by atoms with van der Waals surface area (Å²) in [5.74, 6) is -2.30. The second-order valence-corrected chi connectivity index (χ2v) is 6.40. The Labute approximate surface area is 164 Å². The van der Waals surface area contributed by atoms with Gasteiger partial charge in [-0.2, -0.15) is 4.68 Å². The molecule has 0 aliphatic heterocycles. The van der Waals surface area contributed by atoms with E-state index in [2.05, 4.69) is 5.10 Å². The minimum absolute atomic E-state index is 0.0609. The fraction of sp³-hybridized carbons (Fsp3) is 0.0952. The number of nitrogens with zero attached hydrogens (tertiary/aromatic N) is 3. The van der Waals surface area contributed by atoms with Gasteiger partial charge in [0.05, 0.1) is 0 Å². The lowest BCUT2D eigenvalue weighted by Gasteiger charge is -2.17. The number of benzene rings is 2. The van der Waals surface area contributed by atoms with E-state index in [1.165, 1.54) is 16.7 Å². The zero-order valence-electron chi connectivity index (χ0n) is 15.3. The van der Waals surface area contributed by atoms with Crippen molar-refractivity contribution in [2.24, 2.45) is 0 Å². The first-order valence-electron chi connectivity index (χ1n) is 8.81. The molecule has 0 saturated heterocycles. The Kier molecular flexibility index (Phi) is 4.59. The summed E-state index contributed by atoms with van der Waals surface area (Å²) >= 11 is 0. The van der Waals surface area contributed by atoms with Gasteiger partial charge in [-0.25, -0.2) is 18.4 Å². The minimum Gasteiger partial charge on any atom is -0.485 e. The van der Waals surface area contributed by atoms with Crippen molar-refractivity contribution in [2.45, 2.75) is 13.0 Å². The summed E-state index contributed by atoms with van der Waals surface area (Å²) < 4.78 is 22.7. The maximum Gasteiger partial charge on any atom is 0.355 e. The number of aromatic nitrogens is 3. The van der Waals surface area contributed by atoms with Crippen LogP contribution in [0.2, 0.25) is 0 Å². The number of halogens is 1. The largest absolute Gasteiger partial charge is 0.485 e. The van der Waals surface area contributed by atoms with Crippen molar-refractivity contribution in [3.8, 4) is 11.4 Å². The summed E-state index contributed by atoms with van der Waals surface area (Å²) in [6.45, 7) is 1.75. The number of hydrogen-bond donors (Lipinski definition) is 1. The average Bonchev–Trinajstić information content (AvgIpc) is 3.06. The third-order valence-corrected chi connectivity index (χ3v) is 4.51. The molecule has 146 valence electrons. The van der Waals surface area contributed by atoms with Gasteiger partial charge < -0.3 is 9.84 Å². The molecule has 29 heavy (non-hydrogen) atoms. The van der Waals surface area contributed by atoms with Crippen LogP contribution < -0.4 is 10.4 Å². The topological polar surface area (TPSA) is 85.8 Å². The van der Waals surface area contributed by atoms with Crippen molar-refractivity contribution in [1.82, 2.24) is 14.2 Å². The van der Waals surface area contributed by atoms with E-state index in [-0.39, 0.29) is 17.0 Å². The van der Waals surface area contributed by atoms with Gasteiger partial charge in [-0.05, 0) is 30.7 Å². The first-order chi connectivity index (χ1) is 14.0. The van der Waals surface area contributed by atoms with Crippen LogP contribution >= 0.6 is 0 Å². The van der Waals surface area contributed by atoms with Crippen LogP contribution in [0.15, 0.2) is 71.7 Å². The predicted octanol–water partition coefficient (Wildman–Crippen LogP) is 3.46. The molecule has 0 aliphatic carbocycles. The quantitative estimate of drug-likeness (QED) is 0.561. The molecule has 4 rings (SSSR count). The molecule has 1 N–H and O–H groups in total. The Morgan fingerprint density at radius 2 is 1.86 bits per heavy atom. The second kappa shape index (κ2) is 7.23. The molecule has 0 unspecified atom stereocenters. The Hall–Kier alpha value is -3.94. The van der Waals surface area contributed by atoms with Crippen molar-refractivity contribution < 1.29 is 19.0 Å². The number of carboxylic acid groups (broad SMARTS) is 1. The van der Waals surface area contributed by atoms with Gasteiger partial charge in [0.1, 0.15) is 28.9 Å². The van der Waals surface area contributed by atoms with E-state index in [9.17, 15) is 19.1 Å². The number of aromatic carboxylic acids is 1. The Bertz CT molecular complexity index is 1260. The molecule has 7 nitrogen and oxygen atoms in total. The van der Waals surface area contributed by atoms with Crippen molar-refractivity contribution in [1.29, 1.82) is 0 Å². The van der Waals surface area contributed by atoms with Gasteiger partial charge in [-0.3, -0.25) is 0 Å². The van der Waals surface area contributed by atoms with Gasteiger partial charge in [0, 0.05) is 12.3 Å². The van der Waals surface area contributed by atoms with Gasteiger partial charge in [0.15, 0.2) is 5.65 Å². The molecule has 8 heteroatoms. The highest BCUT2D eigenvalue weighted by molar-refractivity contribution is 5.91. The number of rotatable bonds is 5. The van der Waals surface area contributed by atoms with Crippen molar-refractivity contribution >= 4 is 11.6 Å². The summed E-state index contributed by atoms with van der Waals surface area (Å²) in [5, 5.41) is 13.6. The third-order valence-electron chi connectivity index (χ3n) is 4.51. The molecule has 0 aliphatic rings.